The zero-order valence-electron chi connectivity index (χ0n) is 18.4. The van der Waals surface area contributed by atoms with Crippen LogP contribution in [0.3, 0.4) is 0 Å². The minimum Gasteiger partial charge on any atom is -0.448 e. The summed E-state index contributed by atoms with van der Waals surface area (Å²) < 4.78 is 39.5. The molecule has 1 aliphatic carbocycles. The van der Waals surface area contributed by atoms with E-state index in [9.17, 15) is 23.3 Å². The van der Waals surface area contributed by atoms with Gasteiger partial charge >= 0.3 is 0 Å². The van der Waals surface area contributed by atoms with Crippen molar-refractivity contribution in [2.75, 3.05) is 10.0 Å². The monoisotopic (exact) mass is 495 g/mol. The number of non-ortho nitro benzene ring substituents is 1. The summed E-state index contributed by atoms with van der Waals surface area (Å²) in [5, 5.41) is 13.7. The van der Waals surface area contributed by atoms with Crippen molar-refractivity contribution >= 4 is 33.0 Å². The van der Waals surface area contributed by atoms with Crippen LogP contribution in [-0.2, 0) is 10.0 Å². The van der Waals surface area contributed by atoms with E-state index in [4.69, 9.17) is 9.47 Å². The Morgan fingerprint density at radius 2 is 1.60 bits per heavy atom. The maximum Gasteiger partial charge on any atom is 0.270 e. The minimum absolute atomic E-state index is 0.206. The SMILES string of the molecule is O=C(Nc1ccc2c(c1)OC1(CCCC1)O2)c1ccc(NS(=O)(=O)c2cccc([N+](=O)[O-])c2)cc1. The summed E-state index contributed by atoms with van der Waals surface area (Å²) in [5.41, 5.74) is 0.732. The second kappa shape index (κ2) is 8.58. The minimum atomic E-state index is -4.05. The molecule has 35 heavy (non-hydrogen) atoms. The van der Waals surface area contributed by atoms with Crippen LogP contribution in [-0.4, -0.2) is 25.0 Å². The fourth-order valence-electron chi connectivity index (χ4n) is 4.16. The van der Waals surface area contributed by atoms with E-state index >= 15 is 0 Å². The topological polar surface area (TPSA) is 137 Å². The molecule has 0 radical (unpaired) electrons. The maximum absolute atomic E-state index is 12.7. The first kappa shape index (κ1) is 22.7. The number of nitrogens with one attached hydrogen (secondary N) is 2. The van der Waals surface area contributed by atoms with Gasteiger partial charge in [0.15, 0.2) is 11.5 Å². The van der Waals surface area contributed by atoms with Crippen LogP contribution in [0.25, 0.3) is 0 Å². The molecule has 1 amide bonds. The van der Waals surface area contributed by atoms with Crippen molar-refractivity contribution < 1.29 is 27.6 Å². The summed E-state index contributed by atoms with van der Waals surface area (Å²) in [7, 11) is -4.05. The van der Waals surface area contributed by atoms with Gasteiger partial charge in [-0.05, 0) is 55.3 Å². The number of carbonyl (C=O) groups excluding carboxylic acids is 1. The van der Waals surface area contributed by atoms with Gasteiger partial charge < -0.3 is 14.8 Å². The van der Waals surface area contributed by atoms with E-state index in [1.807, 2.05) is 0 Å². The molecule has 2 aliphatic rings. The normalized spacial score (nSPS) is 15.7. The Balaban J connectivity index is 1.25. The van der Waals surface area contributed by atoms with Crippen molar-refractivity contribution in [3.05, 3.63) is 82.4 Å². The average molecular weight is 496 g/mol. The van der Waals surface area contributed by atoms with E-state index in [2.05, 4.69) is 10.0 Å². The number of nitrogens with zero attached hydrogens (tertiary/aromatic N) is 1. The van der Waals surface area contributed by atoms with Crippen LogP contribution in [0.1, 0.15) is 36.0 Å². The largest absolute Gasteiger partial charge is 0.448 e. The average Bonchev–Trinajstić information content (AvgIpc) is 3.44. The molecule has 1 aliphatic heterocycles. The number of anilines is 2. The number of carbonyl (C=O) groups is 1. The first-order valence-corrected chi connectivity index (χ1v) is 12.4. The van der Waals surface area contributed by atoms with Crippen molar-refractivity contribution in [1.29, 1.82) is 0 Å². The molecule has 1 heterocycles. The van der Waals surface area contributed by atoms with E-state index in [1.54, 1.807) is 18.2 Å². The Hall–Kier alpha value is -4.12. The summed E-state index contributed by atoms with van der Waals surface area (Å²) in [6, 6.07) is 15.8. The maximum atomic E-state index is 12.7. The fourth-order valence-corrected chi connectivity index (χ4v) is 5.26. The molecule has 5 rings (SSSR count). The van der Waals surface area contributed by atoms with Crippen LogP contribution in [0.5, 0.6) is 11.5 Å². The number of amides is 1. The van der Waals surface area contributed by atoms with E-state index < -0.39 is 20.7 Å². The lowest BCUT2D eigenvalue weighted by atomic mass is 10.2. The van der Waals surface area contributed by atoms with Gasteiger partial charge in [0.1, 0.15) is 0 Å². The van der Waals surface area contributed by atoms with Gasteiger partial charge in [-0.15, -0.1) is 0 Å². The highest BCUT2D eigenvalue weighted by molar-refractivity contribution is 7.92. The molecular formula is C24H21N3O7S. The van der Waals surface area contributed by atoms with Crippen LogP contribution in [0, 0.1) is 10.1 Å². The molecule has 2 N–H and O–H groups in total. The summed E-state index contributed by atoms with van der Waals surface area (Å²) in [6.45, 7) is 0. The first-order chi connectivity index (χ1) is 16.7. The van der Waals surface area contributed by atoms with Crippen LogP contribution >= 0.6 is 0 Å². The molecule has 11 heteroatoms. The molecule has 1 saturated carbocycles. The van der Waals surface area contributed by atoms with Crippen molar-refractivity contribution in [3.63, 3.8) is 0 Å². The number of rotatable bonds is 6. The Kier molecular flexibility index (Phi) is 5.56. The van der Waals surface area contributed by atoms with E-state index in [0.717, 1.165) is 31.7 Å². The number of nitro groups is 1. The van der Waals surface area contributed by atoms with Crippen LogP contribution in [0.4, 0.5) is 17.1 Å². The van der Waals surface area contributed by atoms with Crippen molar-refractivity contribution in [1.82, 2.24) is 0 Å². The lowest BCUT2D eigenvalue weighted by molar-refractivity contribution is -0.385. The molecule has 0 atom stereocenters. The van der Waals surface area contributed by atoms with Gasteiger partial charge in [0.25, 0.3) is 27.4 Å². The summed E-state index contributed by atoms with van der Waals surface area (Å²) in [5.74, 6) is 0.284. The van der Waals surface area contributed by atoms with Crippen LogP contribution in [0.2, 0.25) is 0 Å². The summed E-state index contributed by atoms with van der Waals surface area (Å²) >= 11 is 0. The second-order valence-corrected chi connectivity index (χ2v) is 10.1. The molecule has 0 saturated heterocycles. The number of ether oxygens (including phenoxy) is 2. The Morgan fingerprint density at radius 1 is 0.914 bits per heavy atom. The quantitative estimate of drug-likeness (QED) is 0.374. The number of fused-ring (bicyclic) bond motifs is 1. The van der Waals surface area contributed by atoms with Crippen molar-refractivity contribution in [2.24, 2.45) is 0 Å². The number of benzene rings is 3. The first-order valence-electron chi connectivity index (χ1n) is 10.9. The van der Waals surface area contributed by atoms with E-state index in [1.165, 1.54) is 42.5 Å². The number of sulfonamides is 1. The van der Waals surface area contributed by atoms with Gasteiger partial charge in [0.05, 0.1) is 9.82 Å². The summed E-state index contributed by atoms with van der Waals surface area (Å²) in [6.07, 6.45) is 3.77. The van der Waals surface area contributed by atoms with Gasteiger partial charge in [0.2, 0.25) is 0 Å². The van der Waals surface area contributed by atoms with Gasteiger partial charge in [-0.2, -0.15) is 0 Å². The lowest BCUT2D eigenvalue weighted by Crippen LogP contribution is -2.34. The predicted molar refractivity (Wildman–Crippen MR) is 127 cm³/mol. The molecule has 1 spiro atoms. The highest BCUT2D eigenvalue weighted by Gasteiger charge is 2.44. The Morgan fingerprint density at radius 3 is 2.31 bits per heavy atom. The van der Waals surface area contributed by atoms with Gasteiger partial charge in [0, 0.05) is 48.0 Å². The smallest absolute Gasteiger partial charge is 0.270 e. The van der Waals surface area contributed by atoms with Gasteiger partial charge in [-0.25, -0.2) is 8.42 Å². The van der Waals surface area contributed by atoms with Gasteiger partial charge in [-0.1, -0.05) is 6.07 Å². The molecule has 3 aromatic carbocycles. The third-order valence-corrected chi connectivity index (χ3v) is 7.28. The standard InChI is InChI=1S/C24H21N3O7S/c28-23(25-18-10-11-21-22(14-18)34-24(33-21)12-1-2-13-24)16-6-8-17(9-7-16)26-35(31,32)20-5-3-4-19(15-20)27(29)30/h3-11,14-15,26H,1-2,12-13H2,(H,25,28). The molecular weight excluding hydrogens is 474 g/mol. The molecule has 1 fully saturated rings. The summed E-state index contributed by atoms with van der Waals surface area (Å²) in [4.78, 5) is 22.7. The highest BCUT2D eigenvalue weighted by Crippen LogP contribution is 2.47. The highest BCUT2D eigenvalue weighted by atomic mass is 32.2. The van der Waals surface area contributed by atoms with E-state index in [-0.39, 0.29) is 22.2 Å². The van der Waals surface area contributed by atoms with E-state index in [0.29, 0.717) is 22.7 Å². The molecule has 0 aromatic heterocycles. The third-order valence-electron chi connectivity index (χ3n) is 5.90. The Bertz CT molecular complexity index is 1420. The lowest BCUT2D eigenvalue weighted by Gasteiger charge is -2.21. The molecule has 0 bridgehead atoms. The molecule has 10 nitrogen and oxygen atoms in total. The van der Waals surface area contributed by atoms with Crippen molar-refractivity contribution in [3.8, 4) is 11.5 Å². The zero-order chi connectivity index (χ0) is 24.6. The predicted octanol–water partition coefficient (Wildman–Crippen LogP) is 4.69. The second-order valence-electron chi connectivity index (χ2n) is 8.37. The number of nitro benzene ring substituents is 1. The fraction of sp³-hybridized carbons (Fsp3) is 0.208. The Labute approximate surface area is 201 Å². The molecule has 3 aromatic rings. The third kappa shape index (κ3) is 4.62. The van der Waals surface area contributed by atoms with Gasteiger partial charge in [-0.3, -0.25) is 19.6 Å². The number of hydrogen-bond acceptors (Lipinski definition) is 7. The molecule has 0 unspecified atom stereocenters. The van der Waals surface area contributed by atoms with Crippen molar-refractivity contribution in [2.45, 2.75) is 36.4 Å². The van der Waals surface area contributed by atoms with Crippen LogP contribution < -0.4 is 19.5 Å². The zero-order valence-corrected chi connectivity index (χ0v) is 19.2. The number of hydrogen-bond donors (Lipinski definition) is 2. The van der Waals surface area contributed by atoms with Crippen LogP contribution in [0.15, 0.2) is 71.6 Å². The molecule has 180 valence electrons.